The summed E-state index contributed by atoms with van der Waals surface area (Å²) in [5.74, 6) is 0. The molecular formula is C10H10FNO. The highest BCUT2D eigenvalue weighted by molar-refractivity contribution is 5.36. The number of hydrogen-bond acceptors (Lipinski definition) is 2. The van der Waals surface area contributed by atoms with Gasteiger partial charge in [0.1, 0.15) is 6.67 Å². The number of ether oxygens (including phenoxy) is 1. The number of nitrogens with zero attached hydrogens (tertiary/aromatic N) is 1. The summed E-state index contributed by atoms with van der Waals surface area (Å²) in [7, 11) is 0. The van der Waals surface area contributed by atoms with Crippen molar-refractivity contribution in [2.45, 2.75) is 6.61 Å². The van der Waals surface area contributed by atoms with Crippen molar-refractivity contribution in [1.29, 1.82) is 5.26 Å². The molecule has 3 heteroatoms. The van der Waals surface area contributed by atoms with Crippen LogP contribution in [-0.2, 0) is 11.3 Å². The fourth-order valence-electron chi connectivity index (χ4n) is 0.992. The van der Waals surface area contributed by atoms with E-state index in [4.69, 9.17) is 10.00 Å². The van der Waals surface area contributed by atoms with Gasteiger partial charge in [0.15, 0.2) is 0 Å². The second-order valence-electron chi connectivity index (χ2n) is 2.51. The van der Waals surface area contributed by atoms with Gasteiger partial charge in [0.25, 0.3) is 0 Å². The number of nitriles is 1. The van der Waals surface area contributed by atoms with Crippen LogP contribution >= 0.6 is 0 Å². The zero-order valence-electron chi connectivity index (χ0n) is 7.16. The van der Waals surface area contributed by atoms with Crippen molar-refractivity contribution in [3.8, 4) is 6.07 Å². The second-order valence-corrected chi connectivity index (χ2v) is 2.51. The van der Waals surface area contributed by atoms with Gasteiger partial charge in [0.2, 0.25) is 0 Å². The Morgan fingerprint density at radius 2 is 2.15 bits per heavy atom. The molecule has 0 amide bonds. The molecule has 0 heterocycles. The zero-order chi connectivity index (χ0) is 9.52. The summed E-state index contributed by atoms with van der Waals surface area (Å²) in [4.78, 5) is 0. The Hall–Kier alpha value is -1.40. The molecule has 0 saturated heterocycles. The minimum Gasteiger partial charge on any atom is -0.374 e. The van der Waals surface area contributed by atoms with E-state index in [1.54, 1.807) is 18.2 Å². The molecule has 2 nitrogen and oxygen atoms in total. The number of alkyl halides is 1. The number of halogens is 1. The smallest absolute Gasteiger partial charge is 0.113 e. The van der Waals surface area contributed by atoms with Crippen LogP contribution in [0.1, 0.15) is 11.1 Å². The first-order valence-corrected chi connectivity index (χ1v) is 4.00. The first-order chi connectivity index (χ1) is 6.38. The molecule has 0 aliphatic heterocycles. The molecule has 1 aromatic rings. The van der Waals surface area contributed by atoms with E-state index >= 15 is 0 Å². The number of rotatable bonds is 4. The van der Waals surface area contributed by atoms with Gasteiger partial charge in [-0.05, 0) is 11.6 Å². The Bertz CT molecular complexity index is 306. The monoisotopic (exact) mass is 179 g/mol. The standard InChI is InChI=1S/C10H10FNO/c11-5-6-13-8-10-4-2-1-3-9(10)7-12/h1-4H,5-6,8H2. The van der Waals surface area contributed by atoms with Gasteiger partial charge in [-0.15, -0.1) is 0 Å². The molecule has 0 aliphatic rings. The molecule has 1 rings (SSSR count). The average molecular weight is 179 g/mol. The maximum absolute atomic E-state index is 11.7. The Labute approximate surface area is 76.6 Å². The van der Waals surface area contributed by atoms with Crippen LogP contribution in [0.15, 0.2) is 24.3 Å². The summed E-state index contributed by atoms with van der Waals surface area (Å²) in [5, 5.41) is 8.70. The van der Waals surface area contributed by atoms with Crippen molar-refractivity contribution < 1.29 is 9.13 Å². The lowest BCUT2D eigenvalue weighted by Crippen LogP contribution is -1.98. The average Bonchev–Trinajstić information content (AvgIpc) is 2.19. The van der Waals surface area contributed by atoms with Crippen molar-refractivity contribution in [2.75, 3.05) is 13.3 Å². The van der Waals surface area contributed by atoms with Gasteiger partial charge >= 0.3 is 0 Å². The summed E-state index contributed by atoms with van der Waals surface area (Å²) < 4.78 is 16.7. The SMILES string of the molecule is N#Cc1ccccc1COCCF. The van der Waals surface area contributed by atoms with Gasteiger partial charge in [0, 0.05) is 0 Å². The van der Waals surface area contributed by atoms with Crippen LogP contribution in [0.4, 0.5) is 4.39 Å². The molecular weight excluding hydrogens is 169 g/mol. The third-order valence-electron chi connectivity index (χ3n) is 1.62. The first kappa shape index (κ1) is 9.69. The Kier molecular flexibility index (Phi) is 3.94. The topological polar surface area (TPSA) is 33.0 Å². The van der Waals surface area contributed by atoms with E-state index in [2.05, 4.69) is 0 Å². The van der Waals surface area contributed by atoms with E-state index in [1.165, 1.54) is 0 Å². The molecule has 0 fully saturated rings. The van der Waals surface area contributed by atoms with Crippen molar-refractivity contribution in [2.24, 2.45) is 0 Å². The van der Waals surface area contributed by atoms with E-state index in [0.29, 0.717) is 12.2 Å². The van der Waals surface area contributed by atoms with E-state index in [0.717, 1.165) is 5.56 Å². The fraction of sp³-hybridized carbons (Fsp3) is 0.300. The summed E-state index contributed by atoms with van der Waals surface area (Å²) >= 11 is 0. The lowest BCUT2D eigenvalue weighted by atomic mass is 10.1. The normalized spacial score (nSPS) is 9.54. The highest BCUT2D eigenvalue weighted by Gasteiger charge is 1.99. The van der Waals surface area contributed by atoms with Crippen LogP contribution in [0.25, 0.3) is 0 Å². The van der Waals surface area contributed by atoms with Gasteiger partial charge in [0.05, 0.1) is 24.8 Å². The molecule has 0 saturated carbocycles. The third-order valence-corrected chi connectivity index (χ3v) is 1.62. The van der Waals surface area contributed by atoms with Crippen molar-refractivity contribution in [1.82, 2.24) is 0 Å². The molecule has 1 aromatic carbocycles. The van der Waals surface area contributed by atoms with Crippen molar-refractivity contribution >= 4 is 0 Å². The van der Waals surface area contributed by atoms with Crippen LogP contribution < -0.4 is 0 Å². The van der Waals surface area contributed by atoms with E-state index in [-0.39, 0.29) is 6.61 Å². The molecule has 0 atom stereocenters. The summed E-state index contributed by atoms with van der Waals surface area (Å²) in [6.45, 7) is -0.109. The van der Waals surface area contributed by atoms with Gasteiger partial charge in [-0.25, -0.2) is 4.39 Å². The molecule has 0 spiro atoms. The molecule has 0 N–H and O–H groups in total. The van der Waals surface area contributed by atoms with Crippen molar-refractivity contribution in [3.05, 3.63) is 35.4 Å². The minimum absolute atomic E-state index is 0.0831. The van der Waals surface area contributed by atoms with Crippen LogP contribution in [-0.4, -0.2) is 13.3 Å². The molecule has 13 heavy (non-hydrogen) atoms. The number of benzene rings is 1. The van der Waals surface area contributed by atoms with Crippen LogP contribution in [0, 0.1) is 11.3 Å². The Morgan fingerprint density at radius 1 is 1.38 bits per heavy atom. The van der Waals surface area contributed by atoms with Crippen molar-refractivity contribution in [3.63, 3.8) is 0 Å². The zero-order valence-corrected chi connectivity index (χ0v) is 7.16. The third kappa shape index (κ3) is 2.85. The molecule has 0 aromatic heterocycles. The lowest BCUT2D eigenvalue weighted by molar-refractivity contribution is 0.106. The van der Waals surface area contributed by atoms with Gasteiger partial charge in [-0.2, -0.15) is 5.26 Å². The van der Waals surface area contributed by atoms with Crippen LogP contribution in [0.3, 0.4) is 0 Å². The van der Waals surface area contributed by atoms with Gasteiger partial charge in [-0.1, -0.05) is 18.2 Å². The quantitative estimate of drug-likeness (QED) is 0.662. The molecule has 0 radical (unpaired) electrons. The van der Waals surface area contributed by atoms with Gasteiger partial charge in [-0.3, -0.25) is 0 Å². The summed E-state index contributed by atoms with van der Waals surface area (Å²) in [6, 6.07) is 9.18. The largest absolute Gasteiger partial charge is 0.374 e. The predicted molar refractivity (Wildman–Crippen MR) is 46.8 cm³/mol. The van der Waals surface area contributed by atoms with E-state index in [9.17, 15) is 4.39 Å². The number of hydrogen-bond donors (Lipinski definition) is 0. The second kappa shape index (κ2) is 5.28. The fourth-order valence-corrected chi connectivity index (χ4v) is 0.992. The Balaban J connectivity index is 2.60. The highest BCUT2D eigenvalue weighted by Crippen LogP contribution is 2.08. The first-order valence-electron chi connectivity index (χ1n) is 4.00. The molecule has 0 aliphatic carbocycles. The molecule has 0 unspecified atom stereocenters. The summed E-state index contributed by atoms with van der Waals surface area (Å²) in [5.41, 5.74) is 1.39. The predicted octanol–water partition coefficient (Wildman–Crippen LogP) is 2.04. The van der Waals surface area contributed by atoms with E-state index < -0.39 is 6.67 Å². The van der Waals surface area contributed by atoms with Crippen LogP contribution in [0.5, 0.6) is 0 Å². The molecule has 68 valence electrons. The Morgan fingerprint density at radius 3 is 2.85 bits per heavy atom. The maximum atomic E-state index is 11.7. The van der Waals surface area contributed by atoms with E-state index in [1.807, 2.05) is 12.1 Å². The maximum Gasteiger partial charge on any atom is 0.113 e. The van der Waals surface area contributed by atoms with Crippen LogP contribution in [0.2, 0.25) is 0 Å². The molecule has 0 bridgehead atoms. The lowest BCUT2D eigenvalue weighted by Gasteiger charge is -2.03. The minimum atomic E-state index is -0.491. The highest BCUT2D eigenvalue weighted by atomic mass is 19.1. The van der Waals surface area contributed by atoms with Gasteiger partial charge < -0.3 is 4.74 Å². The summed E-state index contributed by atoms with van der Waals surface area (Å²) in [6.07, 6.45) is 0.